The van der Waals surface area contributed by atoms with Gasteiger partial charge in [-0.1, -0.05) is 12.1 Å². The summed E-state index contributed by atoms with van der Waals surface area (Å²) in [6, 6.07) is 12.8. The molecule has 12 nitrogen and oxygen atoms in total. The second-order valence-corrected chi connectivity index (χ2v) is 11.9. The van der Waals surface area contributed by atoms with Gasteiger partial charge in [0.1, 0.15) is 6.04 Å². The van der Waals surface area contributed by atoms with Crippen molar-refractivity contribution in [2.75, 3.05) is 25.0 Å². The fourth-order valence-electron chi connectivity index (χ4n) is 6.22. The molecular formula is C34H38N8O4. The van der Waals surface area contributed by atoms with Crippen LogP contribution in [0.2, 0.25) is 0 Å². The predicted octanol–water partition coefficient (Wildman–Crippen LogP) is 3.03. The van der Waals surface area contributed by atoms with Gasteiger partial charge in [-0.15, -0.1) is 0 Å². The van der Waals surface area contributed by atoms with Crippen LogP contribution in [0.1, 0.15) is 66.6 Å². The first-order chi connectivity index (χ1) is 22.4. The van der Waals surface area contributed by atoms with Gasteiger partial charge in [0.2, 0.25) is 17.7 Å². The minimum absolute atomic E-state index is 0.121. The van der Waals surface area contributed by atoms with Crippen LogP contribution in [-0.4, -0.2) is 81.3 Å². The first kappa shape index (κ1) is 30.9. The minimum Gasteiger partial charge on any atom is -0.404 e. The number of nitrogens with one attached hydrogen (secondary N) is 2. The second-order valence-electron chi connectivity index (χ2n) is 11.9. The molecule has 4 amide bonds. The van der Waals surface area contributed by atoms with E-state index < -0.39 is 11.9 Å². The number of hydrogen-bond acceptors (Lipinski definition) is 9. The number of anilines is 1. The summed E-state index contributed by atoms with van der Waals surface area (Å²) in [6.07, 6.45) is 9.24. The van der Waals surface area contributed by atoms with Gasteiger partial charge in [-0.05, 0) is 68.0 Å². The molecule has 3 aliphatic rings. The van der Waals surface area contributed by atoms with Crippen molar-refractivity contribution in [3.8, 4) is 0 Å². The average molecular weight is 623 g/mol. The molecule has 0 aliphatic carbocycles. The Kier molecular flexibility index (Phi) is 9.32. The Bertz CT molecular complexity index is 1710. The van der Waals surface area contributed by atoms with Crippen molar-refractivity contribution in [3.63, 3.8) is 0 Å². The fraction of sp³-hybridized carbons (Fsp3) is 0.382. The van der Waals surface area contributed by atoms with E-state index in [0.29, 0.717) is 55.9 Å². The summed E-state index contributed by atoms with van der Waals surface area (Å²) in [5.74, 6) is -0.724. The molecule has 238 valence electrons. The zero-order chi connectivity index (χ0) is 32.0. The molecule has 1 atom stereocenters. The summed E-state index contributed by atoms with van der Waals surface area (Å²) < 4.78 is 0. The van der Waals surface area contributed by atoms with E-state index in [1.165, 1.54) is 6.20 Å². The van der Waals surface area contributed by atoms with E-state index in [1.54, 1.807) is 23.4 Å². The number of carbonyl (C=O) groups excluding carboxylic acids is 4. The Morgan fingerprint density at radius 3 is 2.65 bits per heavy atom. The molecule has 2 aromatic carbocycles. The average Bonchev–Trinajstić information content (AvgIpc) is 3.39. The zero-order valence-electron chi connectivity index (χ0n) is 25.7. The first-order valence-electron chi connectivity index (χ1n) is 15.9. The summed E-state index contributed by atoms with van der Waals surface area (Å²) in [5.41, 5.74) is 11.2. The number of likely N-dealkylation sites (tertiary alicyclic amines) is 1. The molecule has 12 heteroatoms. The highest BCUT2D eigenvalue weighted by Crippen LogP contribution is 2.29. The van der Waals surface area contributed by atoms with Crippen LogP contribution in [0.15, 0.2) is 59.9 Å². The number of amides is 4. The van der Waals surface area contributed by atoms with Crippen LogP contribution in [0, 0.1) is 0 Å². The van der Waals surface area contributed by atoms with E-state index >= 15 is 0 Å². The Balaban J connectivity index is 0.903. The number of imide groups is 1. The van der Waals surface area contributed by atoms with Gasteiger partial charge < -0.3 is 20.9 Å². The lowest BCUT2D eigenvalue weighted by Crippen LogP contribution is -2.52. The number of nitrogens with zero attached hydrogens (tertiary/aromatic N) is 5. The number of allylic oxidation sites excluding steroid dienone is 1. The van der Waals surface area contributed by atoms with Crippen molar-refractivity contribution in [2.45, 2.75) is 63.6 Å². The van der Waals surface area contributed by atoms with Crippen molar-refractivity contribution >= 4 is 52.1 Å². The van der Waals surface area contributed by atoms with Crippen LogP contribution in [0.3, 0.4) is 0 Å². The number of aliphatic imine (C=N–C) groups is 1. The summed E-state index contributed by atoms with van der Waals surface area (Å²) >= 11 is 0. The molecule has 2 fully saturated rings. The van der Waals surface area contributed by atoms with Gasteiger partial charge in [-0.2, -0.15) is 0 Å². The van der Waals surface area contributed by atoms with Gasteiger partial charge >= 0.3 is 0 Å². The van der Waals surface area contributed by atoms with Gasteiger partial charge in [0.05, 0.1) is 29.0 Å². The smallest absolute Gasteiger partial charge is 0.255 e. The van der Waals surface area contributed by atoms with Gasteiger partial charge in [0.15, 0.2) is 0 Å². The fourth-order valence-corrected chi connectivity index (χ4v) is 6.22. The summed E-state index contributed by atoms with van der Waals surface area (Å²) in [4.78, 5) is 66.8. The van der Waals surface area contributed by atoms with Crippen LogP contribution < -0.4 is 16.4 Å². The topological polar surface area (TPSA) is 163 Å². The highest BCUT2D eigenvalue weighted by atomic mass is 16.2. The van der Waals surface area contributed by atoms with Crippen LogP contribution in [-0.2, 0) is 20.9 Å². The number of benzene rings is 2. The molecule has 0 bridgehead atoms. The van der Waals surface area contributed by atoms with Crippen LogP contribution in [0.5, 0.6) is 0 Å². The molecular weight excluding hydrogens is 584 g/mol. The molecule has 0 radical (unpaired) electrons. The largest absolute Gasteiger partial charge is 0.404 e. The lowest BCUT2D eigenvalue weighted by molar-refractivity contribution is -0.137. The number of piperidine rings is 2. The van der Waals surface area contributed by atoms with E-state index in [1.807, 2.05) is 41.3 Å². The van der Waals surface area contributed by atoms with E-state index in [0.717, 1.165) is 48.0 Å². The standard InChI is InChI=1S/C34H38N8O4/c35-18-23(29-20-38-27-5-1-2-6-28(27)39-29)19-37-24-12-15-41(16-13-24)32(44)7-3-4-14-36-25-8-9-26-22(17-25)21-42(34(26)46)30-10-11-31(43)40-33(30)45/h1-2,5-6,8-9,17-20,24,30,36H,3-4,7,10-16,21,35H2,(H,40,43,45). The Labute approximate surface area is 267 Å². The number of para-hydroxylation sites is 2. The maximum atomic E-state index is 12.9. The van der Waals surface area contributed by atoms with E-state index in [9.17, 15) is 19.2 Å². The number of unbranched alkanes of at least 4 members (excludes halogenated alkanes) is 1. The monoisotopic (exact) mass is 622 g/mol. The maximum Gasteiger partial charge on any atom is 0.255 e. The SMILES string of the molecule is NC=C(C=NC1CCN(C(=O)CCCCNc2ccc3c(c2)CN(C2CCC(=O)NC2=O)C3=O)CC1)c1cnc2ccccc2n1. The zero-order valence-corrected chi connectivity index (χ0v) is 25.7. The number of carbonyl (C=O) groups is 4. The number of hydrogen-bond donors (Lipinski definition) is 3. The van der Waals surface area contributed by atoms with Crippen LogP contribution in [0.25, 0.3) is 16.6 Å². The third kappa shape index (κ3) is 6.90. The Hall–Kier alpha value is -5.13. The van der Waals surface area contributed by atoms with Crippen molar-refractivity contribution in [3.05, 3.63) is 71.7 Å². The molecule has 3 aliphatic heterocycles. The number of aromatic nitrogens is 2. The molecule has 4 heterocycles. The van der Waals surface area contributed by atoms with Crippen molar-refractivity contribution in [2.24, 2.45) is 10.7 Å². The molecule has 0 spiro atoms. The highest BCUT2D eigenvalue weighted by Gasteiger charge is 2.39. The molecule has 2 saturated heterocycles. The molecule has 0 saturated carbocycles. The van der Waals surface area contributed by atoms with Gasteiger partial charge in [-0.25, -0.2) is 4.98 Å². The maximum absolute atomic E-state index is 12.9. The highest BCUT2D eigenvalue weighted by molar-refractivity contribution is 6.09. The molecule has 4 N–H and O–H groups in total. The molecule has 46 heavy (non-hydrogen) atoms. The quantitative estimate of drug-likeness (QED) is 0.177. The molecule has 6 rings (SSSR count). The lowest BCUT2D eigenvalue weighted by Gasteiger charge is -2.30. The summed E-state index contributed by atoms with van der Waals surface area (Å²) in [5, 5.41) is 5.72. The van der Waals surface area contributed by atoms with Crippen molar-refractivity contribution in [1.29, 1.82) is 0 Å². The third-order valence-corrected chi connectivity index (χ3v) is 8.84. The number of fused-ring (bicyclic) bond motifs is 2. The van der Waals surface area contributed by atoms with Crippen molar-refractivity contribution in [1.82, 2.24) is 25.1 Å². The normalized spacial score (nSPS) is 19.2. The van der Waals surface area contributed by atoms with Gasteiger partial charge in [0, 0.05) is 68.3 Å². The molecule has 1 unspecified atom stereocenters. The van der Waals surface area contributed by atoms with E-state index in [2.05, 4.69) is 20.6 Å². The number of rotatable bonds is 10. The van der Waals surface area contributed by atoms with Gasteiger partial charge in [-0.3, -0.25) is 34.5 Å². The Morgan fingerprint density at radius 2 is 1.87 bits per heavy atom. The number of nitrogens with two attached hydrogens (primary N) is 1. The lowest BCUT2D eigenvalue weighted by atomic mass is 10.0. The van der Waals surface area contributed by atoms with Crippen LogP contribution in [0.4, 0.5) is 5.69 Å². The Morgan fingerprint density at radius 1 is 1.07 bits per heavy atom. The molecule has 3 aromatic rings. The third-order valence-electron chi connectivity index (χ3n) is 8.84. The molecule has 1 aromatic heterocycles. The summed E-state index contributed by atoms with van der Waals surface area (Å²) in [7, 11) is 0. The van der Waals surface area contributed by atoms with Gasteiger partial charge in [0.25, 0.3) is 5.91 Å². The summed E-state index contributed by atoms with van der Waals surface area (Å²) in [6.45, 7) is 2.41. The second kappa shape index (κ2) is 13.9. The predicted molar refractivity (Wildman–Crippen MR) is 175 cm³/mol. The minimum atomic E-state index is -0.623. The first-order valence-corrected chi connectivity index (χ1v) is 15.9. The van der Waals surface area contributed by atoms with Crippen LogP contribution >= 0.6 is 0 Å². The van der Waals surface area contributed by atoms with E-state index in [-0.39, 0.29) is 30.2 Å². The van der Waals surface area contributed by atoms with Crippen molar-refractivity contribution < 1.29 is 19.2 Å². The van der Waals surface area contributed by atoms with E-state index in [4.69, 9.17) is 10.7 Å².